The Morgan fingerprint density at radius 3 is 2.74 bits per heavy atom. The second-order valence-electron chi connectivity index (χ2n) is 9.36. The number of carbonyl (C=O) groups excluding carboxylic acids is 1. The van der Waals surface area contributed by atoms with E-state index in [1.54, 1.807) is 18.6 Å². The molecule has 0 spiro atoms. The van der Waals surface area contributed by atoms with Crippen LogP contribution < -0.4 is 10.6 Å². The molecule has 0 radical (unpaired) electrons. The van der Waals surface area contributed by atoms with E-state index in [0.29, 0.717) is 41.3 Å². The minimum absolute atomic E-state index is 0.126. The van der Waals surface area contributed by atoms with Crippen LogP contribution in [0.4, 0.5) is 11.5 Å². The first-order valence-electron chi connectivity index (χ1n) is 11.8. The van der Waals surface area contributed by atoms with Gasteiger partial charge in [0.2, 0.25) is 17.7 Å². The van der Waals surface area contributed by atoms with Crippen LogP contribution in [0.5, 0.6) is 0 Å². The van der Waals surface area contributed by atoms with E-state index in [2.05, 4.69) is 57.6 Å². The van der Waals surface area contributed by atoms with E-state index in [4.69, 9.17) is 4.42 Å². The van der Waals surface area contributed by atoms with E-state index in [9.17, 15) is 4.79 Å². The van der Waals surface area contributed by atoms with Gasteiger partial charge in [0.1, 0.15) is 5.82 Å². The van der Waals surface area contributed by atoms with Crippen molar-refractivity contribution in [2.24, 2.45) is 23.7 Å². The number of nitrogens with zero attached hydrogens (tertiary/aromatic N) is 4. The molecule has 34 heavy (non-hydrogen) atoms. The van der Waals surface area contributed by atoms with Gasteiger partial charge >= 0.3 is 0 Å². The number of nitrogens with one attached hydrogen (secondary N) is 2. The molecule has 0 unspecified atom stereocenters. The molecule has 0 bridgehead atoms. The minimum atomic E-state index is -0.126. The molecule has 0 aromatic carbocycles. The van der Waals surface area contributed by atoms with Crippen LogP contribution in [0.1, 0.15) is 40.0 Å². The summed E-state index contributed by atoms with van der Waals surface area (Å²) in [5.41, 5.74) is 3.14. The quantitative estimate of drug-likeness (QED) is 0.456. The van der Waals surface area contributed by atoms with Crippen molar-refractivity contribution >= 4 is 17.4 Å². The summed E-state index contributed by atoms with van der Waals surface area (Å²) in [5.74, 6) is 3.49. The van der Waals surface area contributed by atoms with Crippen molar-refractivity contribution < 1.29 is 9.21 Å². The zero-order valence-electron chi connectivity index (χ0n) is 20.2. The number of hydrogen-bond acceptors (Lipinski definition) is 7. The third kappa shape index (κ3) is 5.87. The fraction of sp³-hybridized carbons (Fsp3) is 0.423. The van der Waals surface area contributed by atoms with Gasteiger partial charge in [-0.25, -0.2) is 4.98 Å². The van der Waals surface area contributed by atoms with Crippen LogP contribution in [0.2, 0.25) is 0 Å². The topological polar surface area (TPSA) is 106 Å². The van der Waals surface area contributed by atoms with Crippen LogP contribution in [0.15, 0.2) is 58.9 Å². The number of allylic oxidation sites excluding steroid dienone is 1. The summed E-state index contributed by atoms with van der Waals surface area (Å²) in [6, 6.07) is 7.54. The van der Waals surface area contributed by atoms with E-state index in [1.165, 1.54) is 12.5 Å². The number of pyridine rings is 2. The summed E-state index contributed by atoms with van der Waals surface area (Å²) in [5, 5.41) is 14.7. The van der Waals surface area contributed by atoms with Gasteiger partial charge in [0.05, 0.1) is 17.4 Å². The highest BCUT2D eigenvalue weighted by atomic mass is 16.4. The van der Waals surface area contributed by atoms with Gasteiger partial charge in [-0.1, -0.05) is 25.5 Å². The molecule has 178 valence electrons. The zero-order valence-corrected chi connectivity index (χ0v) is 20.2. The number of amides is 1. The summed E-state index contributed by atoms with van der Waals surface area (Å²) >= 11 is 0. The summed E-state index contributed by atoms with van der Waals surface area (Å²) in [6.45, 7) is 9.10. The standard InChI is InChI=1S/C26H32N6O2/c1-16(2)23-11-20(12-25-31-32-26(34-25)19-6-5-9-27-13-19)17(3)10-21(23)14-28-22-7-8-24(29-15-22)30-18(4)33/h5-10,13,15-16,20-21,23,28H,11-12,14H2,1-4H3,(H,29,30,33)/t20-,21-,23-/m0/s1. The van der Waals surface area contributed by atoms with Gasteiger partial charge in [0.25, 0.3) is 0 Å². The lowest BCUT2D eigenvalue weighted by molar-refractivity contribution is -0.114. The number of aromatic nitrogens is 4. The summed E-state index contributed by atoms with van der Waals surface area (Å²) in [6.07, 6.45) is 9.45. The predicted octanol–water partition coefficient (Wildman–Crippen LogP) is 4.99. The van der Waals surface area contributed by atoms with E-state index < -0.39 is 0 Å². The molecule has 0 fully saturated rings. The molecule has 0 aliphatic heterocycles. The van der Waals surface area contributed by atoms with Gasteiger partial charge < -0.3 is 15.1 Å². The molecule has 3 aromatic rings. The Labute approximate surface area is 200 Å². The molecule has 3 aromatic heterocycles. The Kier molecular flexibility index (Phi) is 7.35. The second kappa shape index (κ2) is 10.6. The largest absolute Gasteiger partial charge is 0.421 e. The van der Waals surface area contributed by atoms with Crippen molar-refractivity contribution in [1.82, 2.24) is 20.2 Å². The van der Waals surface area contributed by atoms with Crippen LogP contribution in [0, 0.1) is 23.7 Å². The van der Waals surface area contributed by atoms with E-state index in [0.717, 1.165) is 30.6 Å². The van der Waals surface area contributed by atoms with Crippen LogP contribution >= 0.6 is 0 Å². The summed E-state index contributed by atoms with van der Waals surface area (Å²) < 4.78 is 5.95. The molecule has 8 nitrogen and oxygen atoms in total. The smallest absolute Gasteiger partial charge is 0.249 e. The summed E-state index contributed by atoms with van der Waals surface area (Å²) in [7, 11) is 0. The predicted molar refractivity (Wildman–Crippen MR) is 132 cm³/mol. The summed E-state index contributed by atoms with van der Waals surface area (Å²) in [4.78, 5) is 19.6. The molecule has 2 N–H and O–H groups in total. The number of hydrogen-bond donors (Lipinski definition) is 2. The fourth-order valence-corrected chi connectivity index (χ4v) is 4.65. The molecule has 3 heterocycles. The molecule has 0 saturated carbocycles. The van der Waals surface area contributed by atoms with Crippen molar-refractivity contribution in [3.8, 4) is 11.5 Å². The van der Waals surface area contributed by atoms with Gasteiger partial charge in [0, 0.05) is 32.3 Å². The number of rotatable bonds is 8. The lowest BCUT2D eigenvalue weighted by Gasteiger charge is -2.37. The SMILES string of the molecule is CC(=O)Nc1ccc(NC[C@@H]2C=C(C)[C@H](Cc3nnc(-c4cccnc4)o3)C[C@H]2C(C)C)cn1. The molecule has 8 heteroatoms. The van der Waals surface area contributed by atoms with Gasteiger partial charge in [-0.2, -0.15) is 0 Å². The molecule has 1 aliphatic rings. The van der Waals surface area contributed by atoms with Crippen molar-refractivity contribution in [1.29, 1.82) is 0 Å². The minimum Gasteiger partial charge on any atom is -0.421 e. The molecule has 1 amide bonds. The number of carbonyl (C=O) groups is 1. The highest BCUT2D eigenvalue weighted by Gasteiger charge is 2.32. The fourth-order valence-electron chi connectivity index (χ4n) is 4.65. The third-order valence-corrected chi connectivity index (χ3v) is 6.49. The average molecular weight is 461 g/mol. The maximum Gasteiger partial charge on any atom is 0.249 e. The molecular weight excluding hydrogens is 428 g/mol. The van der Waals surface area contributed by atoms with Crippen molar-refractivity contribution in [2.45, 2.75) is 40.5 Å². The number of anilines is 2. The molecule has 1 aliphatic carbocycles. The Balaban J connectivity index is 1.41. The van der Waals surface area contributed by atoms with Gasteiger partial charge in [-0.15, -0.1) is 10.2 Å². The molecule has 4 rings (SSSR count). The first-order chi connectivity index (χ1) is 16.4. The van der Waals surface area contributed by atoms with Crippen molar-refractivity contribution in [3.05, 3.63) is 60.4 Å². The molecule has 3 atom stereocenters. The highest BCUT2D eigenvalue weighted by Crippen LogP contribution is 2.39. The first-order valence-corrected chi connectivity index (χ1v) is 11.8. The highest BCUT2D eigenvalue weighted by molar-refractivity contribution is 5.87. The third-order valence-electron chi connectivity index (χ3n) is 6.49. The first kappa shape index (κ1) is 23.6. The molecular formula is C26H32N6O2. The van der Waals surface area contributed by atoms with Crippen LogP contribution in [-0.2, 0) is 11.2 Å². The maximum atomic E-state index is 11.2. The van der Waals surface area contributed by atoms with E-state index in [-0.39, 0.29) is 5.91 Å². The average Bonchev–Trinajstić information content (AvgIpc) is 3.29. The zero-order chi connectivity index (χ0) is 24.1. The van der Waals surface area contributed by atoms with Gasteiger partial charge in [-0.3, -0.25) is 9.78 Å². The molecule has 0 saturated heterocycles. The Morgan fingerprint density at radius 2 is 2.06 bits per heavy atom. The van der Waals surface area contributed by atoms with Crippen molar-refractivity contribution in [3.63, 3.8) is 0 Å². The van der Waals surface area contributed by atoms with Gasteiger partial charge in [0.15, 0.2) is 0 Å². The lowest BCUT2D eigenvalue weighted by atomic mass is 9.70. The van der Waals surface area contributed by atoms with Crippen LogP contribution in [-0.4, -0.2) is 32.6 Å². The van der Waals surface area contributed by atoms with Gasteiger partial charge in [-0.05, 0) is 61.3 Å². The lowest BCUT2D eigenvalue weighted by Crippen LogP contribution is -2.32. The maximum absolute atomic E-state index is 11.2. The monoisotopic (exact) mass is 460 g/mol. The van der Waals surface area contributed by atoms with Crippen LogP contribution in [0.3, 0.4) is 0 Å². The van der Waals surface area contributed by atoms with Crippen LogP contribution in [0.25, 0.3) is 11.5 Å². The Hall–Kier alpha value is -3.55. The van der Waals surface area contributed by atoms with E-state index in [1.807, 2.05) is 24.3 Å². The Bertz CT molecular complexity index is 1120. The van der Waals surface area contributed by atoms with E-state index >= 15 is 0 Å². The Morgan fingerprint density at radius 1 is 1.21 bits per heavy atom. The normalized spacial score (nSPS) is 20.1. The second-order valence-corrected chi connectivity index (χ2v) is 9.36. The van der Waals surface area contributed by atoms with Crippen molar-refractivity contribution in [2.75, 3.05) is 17.2 Å².